The second-order valence-electron chi connectivity index (χ2n) is 9.22. The van der Waals surface area contributed by atoms with E-state index in [0.717, 1.165) is 10.9 Å². The summed E-state index contributed by atoms with van der Waals surface area (Å²) in [6.07, 6.45) is -5.52. The van der Waals surface area contributed by atoms with Gasteiger partial charge in [-0.15, -0.1) is 0 Å². The lowest BCUT2D eigenvalue weighted by molar-refractivity contribution is -0.266. The molecule has 0 saturated carbocycles. The van der Waals surface area contributed by atoms with Gasteiger partial charge in [-0.25, -0.2) is 0 Å². The van der Waals surface area contributed by atoms with E-state index < -0.39 is 36.4 Å². The Morgan fingerprint density at radius 1 is 0.861 bits per heavy atom. The first-order valence-electron chi connectivity index (χ1n) is 11.5. The van der Waals surface area contributed by atoms with Crippen LogP contribution in [0.4, 0.5) is 0 Å². The number of aromatic nitrogens is 2. The predicted octanol–water partition coefficient (Wildman–Crippen LogP) is 1.19. The number of hydrogen-bond donors (Lipinski definition) is 4. The fourth-order valence-corrected chi connectivity index (χ4v) is 5.62. The van der Waals surface area contributed by atoms with Gasteiger partial charge in [0.15, 0.2) is 0 Å². The maximum Gasteiger partial charge on any atom is 0.259 e. The van der Waals surface area contributed by atoms with Crippen LogP contribution in [0.5, 0.6) is 0 Å². The molecule has 2 amide bonds. The SMILES string of the molecule is Cn1c2ccccc2c2c3c(c4c5ccccc5n(O[C@@H]5OC[C@@H](O)[C@H](O)[C@H]5O)c4c21)C(=O)NC3=O. The molecule has 2 aliphatic heterocycles. The molecule has 1 fully saturated rings. The van der Waals surface area contributed by atoms with Gasteiger partial charge >= 0.3 is 0 Å². The van der Waals surface area contributed by atoms with Gasteiger partial charge in [-0.1, -0.05) is 36.4 Å². The number of aryl methyl sites for hydroxylation is 1. The highest BCUT2D eigenvalue weighted by Gasteiger charge is 2.41. The first-order valence-corrected chi connectivity index (χ1v) is 11.5. The van der Waals surface area contributed by atoms with Crippen molar-refractivity contribution in [2.24, 2.45) is 7.05 Å². The van der Waals surface area contributed by atoms with Crippen LogP contribution in [0, 0.1) is 0 Å². The van der Waals surface area contributed by atoms with Gasteiger partial charge in [-0.05, 0) is 12.1 Å². The third-order valence-corrected chi connectivity index (χ3v) is 7.26. The van der Waals surface area contributed by atoms with Gasteiger partial charge in [0.05, 0.1) is 28.8 Å². The van der Waals surface area contributed by atoms with Gasteiger partial charge < -0.3 is 29.5 Å². The molecule has 2 aromatic heterocycles. The third-order valence-electron chi connectivity index (χ3n) is 7.26. The largest absolute Gasteiger partial charge is 0.388 e. The minimum atomic E-state index is -1.52. The van der Waals surface area contributed by atoms with Crippen molar-refractivity contribution in [3.05, 3.63) is 59.7 Å². The average molecular weight is 487 g/mol. The highest BCUT2D eigenvalue weighted by molar-refractivity contribution is 6.39. The van der Waals surface area contributed by atoms with Crippen LogP contribution in [-0.2, 0) is 11.8 Å². The molecule has 10 heteroatoms. The second kappa shape index (κ2) is 7.28. The molecule has 4 N–H and O–H groups in total. The number of carbonyl (C=O) groups excluding carboxylic acids is 2. The van der Waals surface area contributed by atoms with Gasteiger partial charge in [0.2, 0.25) is 0 Å². The van der Waals surface area contributed by atoms with E-state index in [-0.39, 0.29) is 12.2 Å². The number of fused-ring (bicyclic) bond motifs is 10. The summed E-state index contributed by atoms with van der Waals surface area (Å²) in [5.41, 5.74) is 3.20. The quantitative estimate of drug-likeness (QED) is 0.275. The average Bonchev–Trinajstić information content (AvgIpc) is 3.47. The first-order chi connectivity index (χ1) is 17.4. The number of para-hydroxylation sites is 2. The number of amides is 2. The summed E-state index contributed by atoms with van der Waals surface area (Å²) in [5, 5.41) is 35.7. The van der Waals surface area contributed by atoms with E-state index in [0.29, 0.717) is 38.3 Å². The Labute approximate surface area is 202 Å². The number of benzene rings is 3. The van der Waals surface area contributed by atoms with Crippen LogP contribution in [0.2, 0.25) is 0 Å². The summed E-state index contributed by atoms with van der Waals surface area (Å²) in [6.45, 7) is -0.226. The molecule has 0 unspecified atom stereocenters. The Balaban J connectivity index is 1.65. The summed E-state index contributed by atoms with van der Waals surface area (Å²) in [6, 6.07) is 14.9. The Kier molecular flexibility index (Phi) is 4.31. The monoisotopic (exact) mass is 487 g/mol. The highest BCUT2D eigenvalue weighted by Crippen LogP contribution is 2.44. The summed E-state index contributed by atoms with van der Waals surface area (Å²) in [5.74, 6) is -0.954. The summed E-state index contributed by atoms with van der Waals surface area (Å²) in [4.78, 5) is 32.4. The van der Waals surface area contributed by atoms with Crippen LogP contribution in [0.3, 0.4) is 0 Å². The van der Waals surface area contributed by atoms with E-state index in [2.05, 4.69) is 5.32 Å². The molecule has 3 aromatic carbocycles. The standard InChI is InChI=1S/C26H21N3O7/c1-28-13-8-4-2-6-11(13)16-18-19(25(34)27-24(18)33)17-12-7-3-5-9-14(12)29(21(17)20(16)28)36-26-23(32)22(31)15(30)10-35-26/h2-9,15,22-23,26,30-32H,10H2,1H3,(H,27,33,34)/t15-,22+,23-,26+/m1/s1. The van der Waals surface area contributed by atoms with Crippen LogP contribution >= 0.6 is 0 Å². The summed E-state index contributed by atoms with van der Waals surface area (Å²) >= 11 is 0. The molecule has 4 atom stereocenters. The molecule has 0 bridgehead atoms. The Hall–Kier alpha value is -3.96. The zero-order chi connectivity index (χ0) is 24.9. The normalized spacial score (nSPS) is 24.2. The van der Waals surface area contributed by atoms with Crippen molar-refractivity contribution in [1.82, 2.24) is 14.6 Å². The van der Waals surface area contributed by atoms with Gasteiger partial charge in [-0.2, -0.15) is 4.73 Å². The van der Waals surface area contributed by atoms with Crippen molar-refractivity contribution in [1.29, 1.82) is 0 Å². The first kappa shape index (κ1) is 21.3. The molecule has 0 spiro atoms. The number of hydrogen-bond acceptors (Lipinski definition) is 7. The number of carbonyl (C=O) groups is 2. The summed E-state index contributed by atoms with van der Waals surface area (Å²) in [7, 11) is 1.87. The minimum Gasteiger partial charge on any atom is -0.388 e. The topological polar surface area (TPSA) is 135 Å². The van der Waals surface area contributed by atoms with Crippen LogP contribution in [-0.4, -0.2) is 67.6 Å². The number of nitrogens with zero attached hydrogens (tertiary/aromatic N) is 2. The number of aliphatic hydroxyl groups is 3. The molecule has 7 rings (SSSR count). The smallest absolute Gasteiger partial charge is 0.259 e. The van der Waals surface area contributed by atoms with E-state index in [1.54, 1.807) is 6.07 Å². The van der Waals surface area contributed by atoms with Crippen molar-refractivity contribution >= 4 is 55.4 Å². The fourth-order valence-electron chi connectivity index (χ4n) is 5.62. The molecule has 182 valence electrons. The number of rotatable bonds is 2. The van der Waals surface area contributed by atoms with E-state index in [1.165, 1.54) is 4.73 Å². The zero-order valence-electron chi connectivity index (χ0n) is 19.0. The molecule has 4 heterocycles. The molecule has 1 saturated heterocycles. The lowest BCUT2D eigenvalue weighted by Crippen LogP contribution is -2.56. The van der Waals surface area contributed by atoms with Crippen molar-refractivity contribution < 1.29 is 34.5 Å². The van der Waals surface area contributed by atoms with Gasteiger partial charge in [0, 0.05) is 34.1 Å². The maximum absolute atomic E-state index is 13.1. The van der Waals surface area contributed by atoms with Crippen molar-refractivity contribution in [3.8, 4) is 0 Å². The fraction of sp³-hybridized carbons (Fsp3) is 0.231. The maximum atomic E-state index is 13.1. The molecule has 10 nitrogen and oxygen atoms in total. The molecule has 0 aliphatic carbocycles. The molecule has 2 aliphatic rings. The van der Waals surface area contributed by atoms with Gasteiger partial charge in [-0.3, -0.25) is 14.9 Å². The Morgan fingerprint density at radius 2 is 1.44 bits per heavy atom. The zero-order valence-corrected chi connectivity index (χ0v) is 19.0. The van der Waals surface area contributed by atoms with Crippen LogP contribution in [0.1, 0.15) is 20.7 Å². The Bertz CT molecular complexity index is 1770. The number of imide groups is 1. The number of ether oxygens (including phenoxy) is 1. The molecular formula is C26H21N3O7. The van der Waals surface area contributed by atoms with E-state index in [1.807, 2.05) is 54.1 Å². The van der Waals surface area contributed by atoms with E-state index in [4.69, 9.17) is 9.57 Å². The van der Waals surface area contributed by atoms with Crippen LogP contribution in [0.25, 0.3) is 43.6 Å². The summed E-state index contributed by atoms with van der Waals surface area (Å²) < 4.78 is 8.96. The van der Waals surface area contributed by atoms with Crippen molar-refractivity contribution in [3.63, 3.8) is 0 Å². The molecular weight excluding hydrogens is 466 g/mol. The Morgan fingerprint density at radius 3 is 2.14 bits per heavy atom. The highest BCUT2D eigenvalue weighted by atomic mass is 16.8. The third kappa shape index (κ3) is 2.58. The van der Waals surface area contributed by atoms with Gasteiger partial charge in [0.1, 0.15) is 23.8 Å². The molecule has 0 radical (unpaired) electrons. The van der Waals surface area contributed by atoms with E-state index >= 15 is 0 Å². The van der Waals surface area contributed by atoms with Gasteiger partial charge in [0.25, 0.3) is 18.1 Å². The van der Waals surface area contributed by atoms with Crippen molar-refractivity contribution in [2.45, 2.75) is 24.6 Å². The lowest BCUT2D eigenvalue weighted by atomic mass is 9.97. The number of nitrogens with one attached hydrogen (secondary N) is 1. The van der Waals surface area contributed by atoms with E-state index in [9.17, 15) is 24.9 Å². The number of aliphatic hydroxyl groups excluding tert-OH is 3. The molecule has 36 heavy (non-hydrogen) atoms. The van der Waals surface area contributed by atoms with Crippen LogP contribution < -0.4 is 10.2 Å². The molecule has 5 aromatic rings. The lowest BCUT2D eigenvalue weighted by Gasteiger charge is -2.34. The second-order valence-corrected chi connectivity index (χ2v) is 9.22. The van der Waals surface area contributed by atoms with Crippen molar-refractivity contribution in [2.75, 3.05) is 6.61 Å². The minimum absolute atomic E-state index is 0.226. The predicted molar refractivity (Wildman–Crippen MR) is 130 cm³/mol. The van der Waals surface area contributed by atoms with Crippen LogP contribution in [0.15, 0.2) is 48.5 Å².